The predicted octanol–water partition coefficient (Wildman–Crippen LogP) is 3.08. The van der Waals surface area contributed by atoms with Gasteiger partial charge in [-0.2, -0.15) is 0 Å². The van der Waals surface area contributed by atoms with Crippen molar-refractivity contribution in [1.29, 1.82) is 0 Å². The second-order valence-electron chi connectivity index (χ2n) is 5.72. The summed E-state index contributed by atoms with van der Waals surface area (Å²) in [6.07, 6.45) is 12.1. The Morgan fingerprint density at radius 2 is 1.75 bits per heavy atom. The van der Waals surface area contributed by atoms with Crippen molar-refractivity contribution in [2.24, 2.45) is 11.8 Å². The lowest BCUT2D eigenvalue weighted by molar-refractivity contribution is -0.121. The Kier molecular flexibility index (Phi) is 4.01. The van der Waals surface area contributed by atoms with Crippen molar-refractivity contribution >= 4 is 6.29 Å². The molecular weight excluding hydrogens is 200 g/mol. The molecule has 2 fully saturated rings. The molecule has 2 nitrogen and oxygen atoms in total. The van der Waals surface area contributed by atoms with Crippen LogP contribution in [0.2, 0.25) is 0 Å². The van der Waals surface area contributed by atoms with E-state index in [0.717, 1.165) is 25.5 Å². The van der Waals surface area contributed by atoms with Crippen molar-refractivity contribution in [3.05, 3.63) is 0 Å². The van der Waals surface area contributed by atoms with Gasteiger partial charge in [-0.3, -0.25) is 0 Å². The summed E-state index contributed by atoms with van der Waals surface area (Å²) in [6, 6.07) is 0. The van der Waals surface area contributed by atoms with E-state index in [2.05, 4.69) is 0 Å². The lowest BCUT2D eigenvalue weighted by Crippen LogP contribution is -2.45. The molecule has 92 valence electrons. The van der Waals surface area contributed by atoms with Crippen molar-refractivity contribution in [2.75, 3.05) is 0 Å². The van der Waals surface area contributed by atoms with Gasteiger partial charge in [0.25, 0.3) is 0 Å². The van der Waals surface area contributed by atoms with Crippen molar-refractivity contribution < 1.29 is 9.90 Å². The number of aliphatic hydroxyl groups is 1. The summed E-state index contributed by atoms with van der Waals surface area (Å²) in [5.74, 6) is 1.07. The number of hydrogen-bond acceptors (Lipinski definition) is 2. The van der Waals surface area contributed by atoms with Gasteiger partial charge in [0.15, 0.2) is 0 Å². The Morgan fingerprint density at radius 3 is 2.44 bits per heavy atom. The normalized spacial score (nSPS) is 37.2. The number of aldehydes is 1. The number of hydrogen-bond donors (Lipinski definition) is 1. The van der Waals surface area contributed by atoms with E-state index in [1.54, 1.807) is 0 Å². The molecule has 2 aliphatic rings. The highest BCUT2D eigenvalue weighted by atomic mass is 16.3. The van der Waals surface area contributed by atoms with Crippen molar-refractivity contribution in [3.8, 4) is 0 Å². The molecule has 0 aliphatic heterocycles. The highest BCUT2D eigenvalue weighted by Gasteiger charge is 2.42. The fourth-order valence-corrected chi connectivity index (χ4v) is 3.86. The zero-order chi connectivity index (χ0) is 11.4. The molecule has 0 bridgehead atoms. The minimum atomic E-state index is -0.665. The van der Waals surface area contributed by atoms with E-state index < -0.39 is 5.60 Å². The molecule has 0 radical (unpaired) electrons. The third kappa shape index (κ3) is 2.48. The van der Waals surface area contributed by atoms with Crippen LogP contribution in [0.1, 0.15) is 64.2 Å². The van der Waals surface area contributed by atoms with Gasteiger partial charge in [0.05, 0.1) is 5.60 Å². The zero-order valence-electron chi connectivity index (χ0n) is 10.2. The standard InChI is InChI=1S/C14H24O2/c15-11-10-14(16)9-5-4-8-13(14)12-6-2-1-3-7-12/h11-13,16H,1-10H2. The van der Waals surface area contributed by atoms with E-state index in [4.69, 9.17) is 0 Å². The molecule has 2 rings (SSSR count). The van der Waals surface area contributed by atoms with Gasteiger partial charge in [0.1, 0.15) is 6.29 Å². The highest BCUT2D eigenvalue weighted by molar-refractivity contribution is 5.51. The molecule has 0 saturated heterocycles. The molecular formula is C14H24O2. The van der Waals surface area contributed by atoms with Crippen LogP contribution in [-0.2, 0) is 4.79 Å². The number of rotatable bonds is 3. The topological polar surface area (TPSA) is 37.3 Å². The largest absolute Gasteiger partial charge is 0.389 e. The Bertz CT molecular complexity index is 233. The molecule has 0 aromatic heterocycles. The Labute approximate surface area is 98.4 Å². The maximum absolute atomic E-state index is 10.7. The molecule has 0 aromatic carbocycles. The van der Waals surface area contributed by atoms with E-state index in [0.29, 0.717) is 18.3 Å². The monoisotopic (exact) mass is 224 g/mol. The van der Waals surface area contributed by atoms with Gasteiger partial charge in [-0.15, -0.1) is 0 Å². The first-order chi connectivity index (χ1) is 7.76. The Balaban J connectivity index is 2.05. The van der Waals surface area contributed by atoms with Crippen LogP contribution in [-0.4, -0.2) is 17.0 Å². The van der Waals surface area contributed by atoms with Gasteiger partial charge in [-0.25, -0.2) is 0 Å². The summed E-state index contributed by atoms with van der Waals surface area (Å²) >= 11 is 0. The summed E-state index contributed by atoms with van der Waals surface area (Å²) in [5, 5.41) is 10.7. The second kappa shape index (κ2) is 5.31. The molecule has 16 heavy (non-hydrogen) atoms. The van der Waals surface area contributed by atoms with Crippen molar-refractivity contribution in [3.63, 3.8) is 0 Å². The number of carbonyl (C=O) groups is 1. The predicted molar refractivity (Wildman–Crippen MR) is 64.2 cm³/mol. The van der Waals surface area contributed by atoms with Gasteiger partial charge >= 0.3 is 0 Å². The smallest absolute Gasteiger partial charge is 0.122 e. The van der Waals surface area contributed by atoms with E-state index in [1.807, 2.05) is 0 Å². The first-order valence-corrected chi connectivity index (χ1v) is 6.92. The van der Waals surface area contributed by atoms with Crippen LogP contribution in [0, 0.1) is 11.8 Å². The third-order valence-corrected chi connectivity index (χ3v) is 4.72. The summed E-state index contributed by atoms with van der Waals surface area (Å²) < 4.78 is 0. The molecule has 2 unspecified atom stereocenters. The Hall–Kier alpha value is -0.370. The van der Waals surface area contributed by atoms with Crippen LogP contribution < -0.4 is 0 Å². The summed E-state index contributed by atoms with van der Waals surface area (Å²) in [4.78, 5) is 10.7. The van der Waals surface area contributed by atoms with Gasteiger partial charge < -0.3 is 9.90 Å². The summed E-state index contributed by atoms with van der Waals surface area (Å²) in [7, 11) is 0. The average molecular weight is 224 g/mol. The van der Waals surface area contributed by atoms with Gasteiger partial charge in [-0.05, 0) is 24.7 Å². The van der Waals surface area contributed by atoms with Gasteiger partial charge in [0, 0.05) is 6.42 Å². The maximum Gasteiger partial charge on any atom is 0.122 e. The molecule has 0 amide bonds. The van der Waals surface area contributed by atoms with E-state index in [-0.39, 0.29) is 0 Å². The Morgan fingerprint density at radius 1 is 1.06 bits per heavy atom. The molecule has 0 heterocycles. The summed E-state index contributed by atoms with van der Waals surface area (Å²) in [6.45, 7) is 0. The lowest BCUT2D eigenvalue weighted by atomic mass is 9.64. The minimum absolute atomic E-state index is 0.355. The van der Waals surface area contributed by atoms with Crippen molar-refractivity contribution in [1.82, 2.24) is 0 Å². The highest BCUT2D eigenvalue weighted by Crippen LogP contribution is 2.44. The van der Waals surface area contributed by atoms with Crippen LogP contribution >= 0.6 is 0 Å². The molecule has 1 N–H and O–H groups in total. The van der Waals surface area contributed by atoms with Crippen LogP contribution in [0.25, 0.3) is 0 Å². The first-order valence-electron chi connectivity index (χ1n) is 6.92. The van der Waals surface area contributed by atoms with Crippen LogP contribution in [0.4, 0.5) is 0 Å². The zero-order valence-corrected chi connectivity index (χ0v) is 10.2. The maximum atomic E-state index is 10.7. The lowest BCUT2D eigenvalue weighted by Gasteiger charge is -2.44. The SMILES string of the molecule is O=CCC1(O)CCCCC1C1CCCCC1. The van der Waals surface area contributed by atoms with Crippen LogP contribution in [0.3, 0.4) is 0 Å². The molecule has 2 saturated carbocycles. The fourth-order valence-electron chi connectivity index (χ4n) is 3.86. The van der Waals surface area contributed by atoms with Crippen LogP contribution in [0.5, 0.6) is 0 Å². The molecule has 2 aliphatic carbocycles. The molecule has 2 heteroatoms. The van der Waals surface area contributed by atoms with Gasteiger partial charge in [0.2, 0.25) is 0 Å². The molecule has 2 atom stereocenters. The van der Waals surface area contributed by atoms with E-state index in [1.165, 1.54) is 38.5 Å². The quantitative estimate of drug-likeness (QED) is 0.748. The fraction of sp³-hybridized carbons (Fsp3) is 0.929. The summed E-state index contributed by atoms with van der Waals surface area (Å²) in [5.41, 5.74) is -0.665. The average Bonchev–Trinajstić information content (AvgIpc) is 2.31. The molecule has 0 spiro atoms. The molecule has 0 aromatic rings. The van der Waals surface area contributed by atoms with Gasteiger partial charge in [-0.1, -0.05) is 44.9 Å². The number of carbonyl (C=O) groups excluding carboxylic acids is 1. The van der Waals surface area contributed by atoms with Crippen LogP contribution in [0.15, 0.2) is 0 Å². The third-order valence-electron chi connectivity index (χ3n) is 4.72. The first kappa shape index (κ1) is 12.1. The second-order valence-corrected chi connectivity index (χ2v) is 5.72. The minimum Gasteiger partial charge on any atom is -0.389 e. The van der Waals surface area contributed by atoms with Crippen molar-refractivity contribution in [2.45, 2.75) is 69.8 Å². The van der Waals surface area contributed by atoms with E-state index >= 15 is 0 Å². The van der Waals surface area contributed by atoms with E-state index in [9.17, 15) is 9.90 Å².